The van der Waals surface area contributed by atoms with E-state index in [9.17, 15) is 19.7 Å². The number of furan rings is 1. The van der Waals surface area contributed by atoms with Gasteiger partial charge in [0.1, 0.15) is 10.7 Å². The van der Waals surface area contributed by atoms with Crippen LogP contribution < -0.4 is 0 Å². The van der Waals surface area contributed by atoms with Gasteiger partial charge in [-0.05, 0) is 45.3 Å². The Bertz CT molecular complexity index is 641. The van der Waals surface area contributed by atoms with Crippen molar-refractivity contribution in [2.75, 3.05) is 6.61 Å². The summed E-state index contributed by atoms with van der Waals surface area (Å²) in [6, 6.07) is 2.83. The Morgan fingerprint density at radius 3 is 2.62 bits per heavy atom. The number of ether oxygens (including phenoxy) is 1. The molecule has 1 aliphatic heterocycles. The minimum absolute atomic E-state index is 0.138. The lowest BCUT2D eigenvalue weighted by Gasteiger charge is -2.38. The van der Waals surface area contributed by atoms with Gasteiger partial charge in [0.25, 0.3) is 5.91 Å². The zero-order valence-electron chi connectivity index (χ0n) is 13.6. The topological polar surface area (TPSA) is 103 Å². The minimum Gasteiger partial charge on any atom is -0.452 e. The van der Waals surface area contributed by atoms with Gasteiger partial charge >= 0.3 is 11.9 Å². The van der Waals surface area contributed by atoms with Crippen molar-refractivity contribution in [3.8, 4) is 0 Å². The van der Waals surface area contributed by atoms with Crippen molar-refractivity contribution in [3.63, 3.8) is 0 Å². The SMILES string of the molecule is C[C@@H]1CCC[C@H](C)N1C(=O)COC(=O)/C=C/c1ccc([N+](=O)[O-])o1. The zero-order valence-corrected chi connectivity index (χ0v) is 13.6. The fraction of sp³-hybridized carbons (Fsp3) is 0.500. The van der Waals surface area contributed by atoms with Gasteiger partial charge in [-0.15, -0.1) is 0 Å². The fourth-order valence-corrected chi connectivity index (χ4v) is 2.85. The van der Waals surface area contributed by atoms with E-state index in [0.29, 0.717) is 0 Å². The van der Waals surface area contributed by atoms with E-state index in [2.05, 4.69) is 0 Å². The summed E-state index contributed by atoms with van der Waals surface area (Å²) >= 11 is 0. The molecule has 130 valence electrons. The van der Waals surface area contributed by atoms with Crippen molar-refractivity contribution in [2.45, 2.75) is 45.2 Å². The molecule has 0 spiro atoms. The number of esters is 1. The summed E-state index contributed by atoms with van der Waals surface area (Å²) < 4.78 is 9.81. The van der Waals surface area contributed by atoms with Crippen molar-refractivity contribution in [2.24, 2.45) is 0 Å². The molecule has 24 heavy (non-hydrogen) atoms. The first-order chi connectivity index (χ1) is 11.4. The van der Waals surface area contributed by atoms with Gasteiger partial charge in [-0.1, -0.05) is 0 Å². The summed E-state index contributed by atoms with van der Waals surface area (Å²) in [4.78, 5) is 35.4. The molecule has 2 rings (SSSR count). The molecular weight excluding hydrogens is 316 g/mol. The van der Waals surface area contributed by atoms with Crippen LogP contribution in [0, 0.1) is 10.1 Å². The highest BCUT2D eigenvalue weighted by Crippen LogP contribution is 2.22. The van der Waals surface area contributed by atoms with Gasteiger partial charge in [0.2, 0.25) is 0 Å². The number of rotatable bonds is 5. The van der Waals surface area contributed by atoms with Crippen LogP contribution in [0.5, 0.6) is 0 Å². The highest BCUT2D eigenvalue weighted by atomic mass is 16.6. The van der Waals surface area contributed by atoms with Gasteiger partial charge < -0.3 is 14.1 Å². The second-order valence-corrected chi connectivity index (χ2v) is 5.80. The Kier molecular flexibility index (Phi) is 5.73. The lowest BCUT2D eigenvalue weighted by molar-refractivity contribution is -0.402. The molecule has 0 aliphatic carbocycles. The van der Waals surface area contributed by atoms with Gasteiger partial charge in [0.05, 0.1) is 6.07 Å². The highest BCUT2D eigenvalue weighted by Gasteiger charge is 2.29. The van der Waals surface area contributed by atoms with Crippen LogP contribution in [-0.2, 0) is 14.3 Å². The number of amides is 1. The molecule has 2 atom stereocenters. The summed E-state index contributed by atoms with van der Waals surface area (Å²) in [5, 5.41) is 10.5. The van der Waals surface area contributed by atoms with E-state index < -0.39 is 16.8 Å². The maximum absolute atomic E-state index is 12.2. The fourth-order valence-electron chi connectivity index (χ4n) is 2.85. The summed E-state index contributed by atoms with van der Waals surface area (Å²) in [7, 11) is 0. The third-order valence-corrected chi connectivity index (χ3v) is 4.00. The van der Waals surface area contributed by atoms with Gasteiger partial charge in [0, 0.05) is 18.2 Å². The Morgan fingerprint density at radius 1 is 1.38 bits per heavy atom. The molecule has 8 heteroatoms. The molecule has 1 aromatic rings. The monoisotopic (exact) mass is 336 g/mol. The molecule has 1 aromatic heterocycles. The van der Waals surface area contributed by atoms with Gasteiger partial charge in [-0.2, -0.15) is 0 Å². The molecule has 0 radical (unpaired) electrons. The van der Waals surface area contributed by atoms with E-state index in [1.807, 2.05) is 13.8 Å². The molecule has 8 nitrogen and oxygen atoms in total. The largest absolute Gasteiger partial charge is 0.452 e. The van der Waals surface area contributed by atoms with Crippen molar-refractivity contribution >= 4 is 23.8 Å². The summed E-state index contributed by atoms with van der Waals surface area (Å²) in [6.07, 6.45) is 5.30. The summed E-state index contributed by atoms with van der Waals surface area (Å²) in [6.45, 7) is 3.65. The average molecular weight is 336 g/mol. The van der Waals surface area contributed by atoms with Gasteiger partial charge in [-0.25, -0.2) is 4.79 Å². The minimum atomic E-state index is -0.709. The average Bonchev–Trinajstić information content (AvgIpc) is 3.00. The third kappa shape index (κ3) is 4.43. The number of piperidine rings is 1. The van der Waals surface area contributed by atoms with Crippen molar-refractivity contribution in [1.82, 2.24) is 4.90 Å². The molecule has 0 unspecified atom stereocenters. The smallest absolute Gasteiger partial charge is 0.433 e. The highest BCUT2D eigenvalue weighted by molar-refractivity contribution is 5.89. The van der Waals surface area contributed by atoms with Crippen LogP contribution in [-0.4, -0.2) is 40.4 Å². The maximum Gasteiger partial charge on any atom is 0.433 e. The number of likely N-dealkylation sites (tertiary alicyclic amines) is 1. The third-order valence-electron chi connectivity index (χ3n) is 4.00. The van der Waals surface area contributed by atoms with Crippen LogP contribution in [0.15, 0.2) is 22.6 Å². The molecule has 2 heterocycles. The molecule has 1 aliphatic rings. The summed E-state index contributed by atoms with van der Waals surface area (Å²) in [5.41, 5.74) is 0. The van der Waals surface area contributed by atoms with Crippen molar-refractivity contribution in [3.05, 3.63) is 34.1 Å². The van der Waals surface area contributed by atoms with Crippen LogP contribution >= 0.6 is 0 Å². The molecule has 1 amide bonds. The van der Waals surface area contributed by atoms with Crippen LogP contribution in [0.3, 0.4) is 0 Å². The number of carbonyl (C=O) groups excluding carboxylic acids is 2. The standard InChI is InChI=1S/C16H20N2O6/c1-11-4-3-5-12(2)17(11)14(19)10-23-16(20)9-7-13-6-8-15(24-13)18(21)22/h6-9,11-12H,3-5,10H2,1-2H3/b9-7+/t11-,12+. The number of nitrogens with zero attached hydrogens (tertiary/aromatic N) is 2. The molecule has 0 N–H and O–H groups in total. The van der Waals surface area contributed by atoms with E-state index >= 15 is 0 Å². The Labute approximate surface area is 139 Å². The quantitative estimate of drug-likeness (QED) is 0.354. The second-order valence-electron chi connectivity index (χ2n) is 5.80. The summed E-state index contributed by atoms with van der Waals surface area (Å²) in [5.74, 6) is -1.18. The molecule has 0 bridgehead atoms. The Morgan fingerprint density at radius 2 is 2.04 bits per heavy atom. The normalized spacial score (nSPS) is 21.0. The molecular formula is C16H20N2O6. The molecule has 0 aromatic carbocycles. The number of hydrogen-bond donors (Lipinski definition) is 0. The lowest BCUT2D eigenvalue weighted by atomic mass is 9.97. The van der Waals surface area contributed by atoms with Crippen LogP contribution in [0.2, 0.25) is 0 Å². The molecule has 0 saturated carbocycles. The molecule has 1 saturated heterocycles. The van der Waals surface area contributed by atoms with Crippen LogP contribution in [0.25, 0.3) is 6.08 Å². The van der Waals surface area contributed by atoms with E-state index in [4.69, 9.17) is 9.15 Å². The number of hydrogen-bond acceptors (Lipinski definition) is 6. The van der Waals surface area contributed by atoms with Crippen molar-refractivity contribution in [1.29, 1.82) is 0 Å². The van der Waals surface area contributed by atoms with Gasteiger partial charge in [-0.3, -0.25) is 14.9 Å². The van der Waals surface area contributed by atoms with E-state index in [1.165, 1.54) is 18.2 Å². The van der Waals surface area contributed by atoms with E-state index in [1.54, 1.807) is 4.90 Å². The Balaban J connectivity index is 1.84. The maximum atomic E-state index is 12.2. The van der Waals surface area contributed by atoms with E-state index in [-0.39, 0.29) is 30.4 Å². The van der Waals surface area contributed by atoms with E-state index in [0.717, 1.165) is 25.3 Å². The zero-order chi connectivity index (χ0) is 17.7. The first-order valence-electron chi connectivity index (χ1n) is 7.78. The number of nitro groups is 1. The second kappa shape index (κ2) is 7.76. The first kappa shape index (κ1) is 17.7. The van der Waals surface area contributed by atoms with Crippen LogP contribution in [0.1, 0.15) is 38.9 Å². The van der Waals surface area contributed by atoms with Crippen molar-refractivity contribution < 1.29 is 23.7 Å². The predicted molar refractivity (Wildman–Crippen MR) is 85.0 cm³/mol. The number of carbonyl (C=O) groups is 2. The Hall–Kier alpha value is -2.64. The predicted octanol–water partition coefficient (Wildman–Crippen LogP) is 2.53. The van der Waals surface area contributed by atoms with Gasteiger partial charge in [0.15, 0.2) is 6.61 Å². The lowest BCUT2D eigenvalue weighted by Crippen LogP contribution is -2.49. The van der Waals surface area contributed by atoms with Crippen LogP contribution in [0.4, 0.5) is 5.88 Å². The molecule has 1 fully saturated rings. The first-order valence-corrected chi connectivity index (χ1v) is 7.78.